The summed E-state index contributed by atoms with van der Waals surface area (Å²) in [5.41, 5.74) is 0.413. The lowest BCUT2D eigenvalue weighted by atomic mass is 10.1. The fourth-order valence-corrected chi connectivity index (χ4v) is 3.91. The zero-order valence-electron chi connectivity index (χ0n) is 21.5. The Morgan fingerprint density at radius 3 is 2.41 bits per heavy atom. The van der Waals surface area contributed by atoms with Gasteiger partial charge in [0.05, 0.1) is 23.8 Å². The van der Waals surface area contributed by atoms with Crippen molar-refractivity contribution in [1.29, 1.82) is 0 Å². The first-order valence-corrected chi connectivity index (χ1v) is 12.3. The Kier molecular flexibility index (Phi) is 9.04. The van der Waals surface area contributed by atoms with E-state index in [4.69, 9.17) is 41.8 Å². The van der Waals surface area contributed by atoms with E-state index in [9.17, 15) is 9.59 Å². The second-order valence-electron chi connectivity index (χ2n) is 9.13. The summed E-state index contributed by atoms with van der Waals surface area (Å²) in [6.45, 7) is 9.33. The van der Waals surface area contributed by atoms with Gasteiger partial charge in [-0.1, -0.05) is 23.2 Å². The van der Waals surface area contributed by atoms with E-state index in [0.717, 1.165) is 0 Å². The van der Waals surface area contributed by atoms with Crippen molar-refractivity contribution in [3.8, 4) is 23.0 Å². The maximum absolute atomic E-state index is 13.4. The normalized spacial score (nSPS) is 12.1. The number of oxazole rings is 1. The summed E-state index contributed by atoms with van der Waals surface area (Å²) in [5, 5.41) is 3.21. The molecule has 0 aliphatic carbocycles. The smallest absolute Gasteiger partial charge is 0.408 e. The Labute approximate surface area is 225 Å². The number of halogens is 2. The van der Waals surface area contributed by atoms with Crippen molar-refractivity contribution < 1.29 is 28.2 Å². The highest BCUT2D eigenvalue weighted by Crippen LogP contribution is 2.35. The number of pyridine rings is 1. The third-order valence-corrected chi connectivity index (χ3v) is 5.70. The van der Waals surface area contributed by atoms with Gasteiger partial charge >= 0.3 is 6.09 Å². The summed E-state index contributed by atoms with van der Waals surface area (Å²) >= 11 is 12.4. The van der Waals surface area contributed by atoms with Gasteiger partial charge in [-0.05, 0) is 52.8 Å². The molecular weight excluding hydrogens is 521 g/mol. The maximum atomic E-state index is 13.4. The standard InChI is InChI=1S/C26H29Cl2N3O6/c1-7-35-21-10-15(8-9-20(21)34-6)24-30-22(19(32)11-16-17(27)12-29-13-18(16)28)23(37-24)14(2)36-25(33)31-26(3,4)5/h8-10,12-14H,7,11H2,1-6H3,(H,31,33)/t14-/m0/s1. The molecule has 2 heterocycles. The fourth-order valence-electron chi connectivity index (χ4n) is 3.41. The van der Waals surface area contributed by atoms with Crippen molar-refractivity contribution in [2.45, 2.75) is 52.7 Å². The maximum Gasteiger partial charge on any atom is 0.408 e. The molecule has 1 aromatic carbocycles. The SMILES string of the molecule is CCOc1cc(-c2nc(C(=O)Cc3c(Cl)cncc3Cl)c([C@H](C)OC(=O)NC(C)(C)C)o2)ccc1OC. The van der Waals surface area contributed by atoms with Crippen molar-refractivity contribution in [1.82, 2.24) is 15.3 Å². The second kappa shape index (κ2) is 11.8. The monoisotopic (exact) mass is 549 g/mol. The van der Waals surface area contributed by atoms with Crippen LogP contribution in [0.3, 0.4) is 0 Å². The first-order valence-electron chi connectivity index (χ1n) is 11.5. The lowest BCUT2D eigenvalue weighted by Crippen LogP contribution is -2.41. The lowest BCUT2D eigenvalue weighted by Gasteiger charge is -2.21. The van der Waals surface area contributed by atoms with E-state index in [2.05, 4.69) is 15.3 Å². The molecule has 0 fully saturated rings. The first-order chi connectivity index (χ1) is 17.4. The van der Waals surface area contributed by atoms with Crippen LogP contribution in [0.1, 0.15) is 62.5 Å². The molecule has 0 saturated carbocycles. The average Bonchev–Trinajstić information content (AvgIpc) is 3.26. The average molecular weight is 550 g/mol. The highest BCUT2D eigenvalue weighted by molar-refractivity contribution is 6.36. The third-order valence-electron chi connectivity index (χ3n) is 5.05. The van der Waals surface area contributed by atoms with Gasteiger partial charge in [-0.15, -0.1) is 0 Å². The zero-order valence-corrected chi connectivity index (χ0v) is 23.0. The Morgan fingerprint density at radius 1 is 1.14 bits per heavy atom. The summed E-state index contributed by atoms with van der Waals surface area (Å²) < 4.78 is 22.5. The van der Waals surface area contributed by atoms with Crippen molar-refractivity contribution >= 4 is 35.1 Å². The molecule has 1 N–H and O–H groups in total. The quantitative estimate of drug-likeness (QED) is 0.302. The van der Waals surface area contributed by atoms with E-state index in [1.807, 2.05) is 27.7 Å². The molecule has 0 aliphatic rings. The van der Waals surface area contributed by atoms with Crippen molar-refractivity contribution in [3.63, 3.8) is 0 Å². The number of aromatic nitrogens is 2. The van der Waals surface area contributed by atoms with Gasteiger partial charge in [0.25, 0.3) is 0 Å². The van der Waals surface area contributed by atoms with Crippen LogP contribution in [0.5, 0.6) is 11.5 Å². The molecule has 9 nitrogen and oxygen atoms in total. The zero-order chi connectivity index (χ0) is 27.3. The van der Waals surface area contributed by atoms with E-state index >= 15 is 0 Å². The van der Waals surface area contributed by atoms with Gasteiger partial charge in [-0.2, -0.15) is 0 Å². The molecule has 37 heavy (non-hydrogen) atoms. The predicted molar refractivity (Wildman–Crippen MR) is 140 cm³/mol. The van der Waals surface area contributed by atoms with Crippen LogP contribution >= 0.6 is 23.2 Å². The van der Waals surface area contributed by atoms with Crippen LogP contribution in [0.4, 0.5) is 4.79 Å². The van der Waals surface area contributed by atoms with Crippen LogP contribution in [0.25, 0.3) is 11.5 Å². The summed E-state index contributed by atoms with van der Waals surface area (Å²) in [6.07, 6.45) is 1.04. The molecule has 0 unspecified atom stereocenters. The van der Waals surface area contributed by atoms with E-state index < -0.39 is 23.5 Å². The molecule has 3 aromatic rings. The van der Waals surface area contributed by atoms with Gasteiger partial charge in [0.2, 0.25) is 5.89 Å². The molecule has 0 saturated heterocycles. The molecular formula is C26H29Cl2N3O6. The van der Waals surface area contributed by atoms with Gasteiger partial charge < -0.3 is 23.9 Å². The molecule has 0 spiro atoms. The highest BCUT2D eigenvalue weighted by Gasteiger charge is 2.29. The number of amides is 1. The Morgan fingerprint density at radius 2 is 1.81 bits per heavy atom. The van der Waals surface area contributed by atoms with Gasteiger partial charge in [-0.3, -0.25) is 9.78 Å². The van der Waals surface area contributed by atoms with Crippen molar-refractivity contribution in [3.05, 3.63) is 57.7 Å². The second-order valence-corrected chi connectivity index (χ2v) is 9.95. The van der Waals surface area contributed by atoms with Gasteiger partial charge in [-0.25, -0.2) is 9.78 Å². The van der Waals surface area contributed by atoms with Crippen LogP contribution in [0.2, 0.25) is 10.0 Å². The number of ketones is 1. The van der Waals surface area contributed by atoms with Gasteiger partial charge in [0.1, 0.15) is 0 Å². The van der Waals surface area contributed by atoms with Crippen LogP contribution in [-0.4, -0.2) is 41.1 Å². The Balaban J connectivity index is 2.03. The number of alkyl carbamates (subject to hydrolysis) is 1. The van der Waals surface area contributed by atoms with Crippen LogP contribution in [-0.2, 0) is 11.2 Å². The topological polar surface area (TPSA) is 113 Å². The molecule has 1 amide bonds. The third kappa shape index (κ3) is 7.14. The lowest BCUT2D eigenvalue weighted by molar-refractivity contribution is 0.0853. The summed E-state index contributed by atoms with van der Waals surface area (Å²) in [6, 6.07) is 5.12. The Hall–Kier alpha value is -3.30. The van der Waals surface area contributed by atoms with Crippen molar-refractivity contribution in [2.24, 2.45) is 0 Å². The molecule has 11 heteroatoms. The molecule has 0 radical (unpaired) electrons. The number of Topliss-reactive ketones (excluding diaryl/α,β-unsaturated/α-hetero) is 1. The Bertz CT molecular complexity index is 1270. The summed E-state index contributed by atoms with van der Waals surface area (Å²) in [4.78, 5) is 34.2. The molecule has 1 atom stereocenters. The number of hydrogen-bond donors (Lipinski definition) is 1. The molecule has 198 valence electrons. The number of carbonyl (C=O) groups excluding carboxylic acids is 2. The molecule has 0 bridgehead atoms. The van der Waals surface area contributed by atoms with Gasteiger partial charge in [0.15, 0.2) is 34.8 Å². The minimum Gasteiger partial charge on any atom is -0.493 e. The number of carbonyl (C=O) groups is 2. The minimum absolute atomic E-state index is 0.0104. The molecule has 0 aliphatic heterocycles. The molecule has 2 aromatic heterocycles. The van der Waals surface area contributed by atoms with Crippen LogP contribution in [0, 0.1) is 0 Å². The number of rotatable bonds is 9. The number of ether oxygens (including phenoxy) is 3. The minimum atomic E-state index is -0.935. The number of hydrogen-bond acceptors (Lipinski definition) is 8. The van der Waals surface area contributed by atoms with E-state index in [1.165, 1.54) is 19.5 Å². The highest BCUT2D eigenvalue weighted by atomic mass is 35.5. The van der Waals surface area contributed by atoms with E-state index in [0.29, 0.717) is 29.2 Å². The van der Waals surface area contributed by atoms with E-state index in [1.54, 1.807) is 25.1 Å². The van der Waals surface area contributed by atoms with Gasteiger partial charge in [0, 0.05) is 35.5 Å². The van der Waals surface area contributed by atoms with Crippen LogP contribution in [0.15, 0.2) is 35.0 Å². The van der Waals surface area contributed by atoms with E-state index in [-0.39, 0.29) is 33.8 Å². The number of nitrogens with zero attached hydrogens (tertiary/aromatic N) is 2. The summed E-state index contributed by atoms with van der Waals surface area (Å²) in [7, 11) is 1.54. The number of methoxy groups -OCH3 is 1. The number of nitrogens with one attached hydrogen (secondary N) is 1. The van der Waals surface area contributed by atoms with Crippen LogP contribution < -0.4 is 14.8 Å². The molecule has 3 rings (SSSR count). The van der Waals surface area contributed by atoms with Crippen molar-refractivity contribution in [2.75, 3.05) is 13.7 Å². The predicted octanol–water partition coefficient (Wildman–Crippen LogP) is 6.46. The first kappa shape index (κ1) is 28.3. The largest absolute Gasteiger partial charge is 0.493 e. The number of benzene rings is 1. The fraction of sp³-hybridized carbons (Fsp3) is 0.385. The summed E-state index contributed by atoms with van der Waals surface area (Å²) in [5.74, 6) is 0.815.